The summed E-state index contributed by atoms with van der Waals surface area (Å²) in [5, 5.41) is 0. The van der Waals surface area contributed by atoms with E-state index >= 15 is 0 Å². The van der Waals surface area contributed by atoms with E-state index in [1.807, 2.05) is 44.2 Å². The standard InChI is InChI=1S/C16H14Br2O3/c1-10-5-11(2)7-13(6-10)21-16(19)9-20-15-4-3-12(17)8-14(15)18/h3-8H,9H2,1-2H3. The molecule has 21 heavy (non-hydrogen) atoms. The number of hydrogen-bond acceptors (Lipinski definition) is 3. The second-order valence-electron chi connectivity index (χ2n) is 4.66. The Morgan fingerprint density at radius 1 is 1.05 bits per heavy atom. The molecule has 2 aromatic rings. The van der Waals surface area contributed by atoms with Gasteiger partial charge in [0.05, 0.1) is 4.47 Å². The third kappa shape index (κ3) is 4.86. The van der Waals surface area contributed by atoms with Crippen molar-refractivity contribution in [3.63, 3.8) is 0 Å². The number of carbonyl (C=O) groups is 1. The summed E-state index contributed by atoms with van der Waals surface area (Å²) in [4.78, 5) is 11.8. The number of aryl methyl sites for hydroxylation is 2. The van der Waals surface area contributed by atoms with Crippen molar-refractivity contribution in [2.24, 2.45) is 0 Å². The third-order valence-electron chi connectivity index (χ3n) is 2.67. The molecule has 0 atom stereocenters. The lowest BCUT2D eigenvalue weighted by Crippen LogP contribution is -2.18. The van der Waals surface area contributed by atoms with Gasteiger partial charge >= 0.3 is 5.97 Å². The van der Waals surface area contributed by atoms with Crippen molar-refractivity contribution < 1.29 is 14.3 Å². The highest BCUT2D eigenvalue weighted by Crippen LogP contribution is 2.28. The average Bonchev–Trinajstić information content (AvgIpc) is 2.36. The molecule has 0 fully saturated rings. The van der Waals surface area contributed by atoms with E-state index in [9.17, 15) is 4.79 Å². The second-order valence-corrected chi connectivity index (χ2v) is 6.43. The Labute approximate surface area is 140 Å². The lowest BCUT2D eigenvalue weighted by Gasteiger charge is -2.09. The zero-order chi connectivity index (χ0) is 15.4. The minimum absolute atomic E-state index is 0.146. The first-order valence-electron chi connectivity index (χ1n) is 6.31. The lowest BCUT2D eigenvalue weighted by molar-refractivity contribution is -0.136. The van der Waals surface area contributed by atoms with Gasteiger partial charge in [0.2, 0.25) is 0 Å². The molecule has 0 saturated heterocycles. The van der Waals surface area contributed by atoms with E-state index in [0.717, 1.165) is 20.1 Å². The van der Waals surface area contributed by atoms with Gasteiger partial charge in [-0.05, 0) is 71.2 Å². The summed E-state index contributed by atoms with van der Waals surface area (Å²) in [6, 6.07) is 11.1. The molecule has 110 valence electrons. The van der Waals surface area contributed by atoms with Crippen molar-refractivity contribution in [3.05, 3.63) is 56.5 Å². The van der Waals surface area contributed by atoms with Crippen LogP contribution in [0, 0.1) is 13.8 Å². The average molecular weight is 414 g/mol. The first-order chi connectivity index (χ1) is 9.94. The van der Waals surface area contributed by atoms with Gasteiger partial charge in [-0.2, -0.15) is 0 Å². The molecule has 2 aromatic carbocycles. The minimum atomic E-state index is -0.435. The van der Waals surface area contributed by atoms with Crippen LogP contribution in [0.4, 0.5) is 0 Å². The number of ether oxygens (including phenoxy) is 2. The quantitative estimate of drug-likeness (QED) is 0.532. The third-order valence-corrected chi connectivity index (χ3v) is 3.78. The summed E-state index contributed by atoms with van der Waals surface area (Å²) in [5.41, 5.74) is 2.10. The summed E-state index contributed by atoms with van der Waals surface area (Å²) in [6.45, 7) is 3.77. The molecule has 0 spiro atoms. The van der Waals surface area contributed by atoms with Crippen molar-refractivity contribution in [1.29, 1.82) is 0 Å². The minimum Gasteiger partial charge on any atom is -0.481 e. The van der Waals surface area contributed by atoms with E-state index in [1.165, 1.54) is 0 Å². The van der Waals surface area contributed by atoms with Crippen LogP contribution in [0.15, 0.2) is 45.3 Å². The zero-order valence-corrected chi connectivity index (χ0v) is 14.8. The van der Waals surface area contributed by atoms with Crippen LogP contribution in [0.2, 0.25) is 0 Å². The fraction of sp³-hybridized carbons (Fsp3) is 0.188. The first-order valence-corrected chi connectivity index (χ1v) is 7.89. The van der Waals surface area contributed by atoms with Crippen molar-refractivity contribution >= 4 is 37.8 Å². The van der Waals surface area contributed by atoms with Crippen LogP contribution in [0.25, 0.3) is 0 Å². The van der Waals surface area contributed by atoms with E-state index in [1.54, 1.807) is 6.07 Å². The van der Waals surface area contributed by atoms with Crippen LogP contribution < -0.4 is 9.47 Å². The molecule has 0 aliphatic carbocycles. The molecular formula is C16H14Br2O3. The van der Waals surface area contributed by atoms with Gasteiger partial charge in [-0.3, -0.25) is 0 Å². The van der Waals surface area contributed by atoms with Crippen LogP contribution in [-0.2, 0) is 4.79 Å². The fourth-order valence-corrected chi connectivity index (χ4v) is 3.04. The van der Waals surface area contributed by atoms with E-state index in [4.69, 9.17) is 9.47 Å². The normalized spacial score (nSPS) is 10.3. The van der Waals surface area contributed by atoms with Gasteiger partial charge in [0.15, 0.2) is 6.61 Å². The highest BCUT2D eigenvalue weighted by atomic mass is 79.9. The Balaban J connectivity index is 1.95. The maximum absolute atomic E-state index is 11.8. The number of hydrogen-bond donors (Lipinski definition) is 0. The molecule has 0 amide bonds. The molecular weight excluding hydrogens is 400 g/mol. The van der Waals surface area contributed by atoms with Crippen molar-refractivity contribution in [1.82, 2.24) is 0 Å². The predicted molar refractivity (Wildman–Crippen MR) is 88.9 cm³/mol. The molecule has 3 nitrogen and oxygen atoms in total. The van der Waals surface area contributed by atoms with E-state index in [2.05, 4.69) is 31.9 Å². The van der Waals surface area contributed by atoms with Crippen LogP contribution in [0.3, 0.4) is 0 Å². The van der Waals surface area contributed by atoms with Crippen LogP contribution >= 0.6 is 31.9 Å². The van der Waals surface area contributed by atoms with Crippen molar-refractivity contribution in [2.75, 3.05) is 6.61 Å². The van der Waals surface area contributed by atoms with Crippen molar-refractivity contribution in [3.8, 4) is 11.5 Å². The molecule has 0 radical (unpaired) electrons. The molecule has 0 aromatic heterocycles. The maximum atomic E-state index is 11.8. The van der Waals surface area contributed by atoms with E-state index in [-0.39, 0.29) is 6.61 Å². The number of benzene rings is 2. The van der Waals surface area contributed by atoms with Gasteiger partial charge in [-0.1, -0.05) is 22.0 Å². The molecule has 0 bridgehead atoms. The molecule has 0 aliphatic rings. The Bertz CT molecular complexity index is 648. The molecule has 0 heterocycles. The van der Waals surface area contributed by atoms with Crippen LogP contribution in [0.5, 0.6) is 11.5 Å². The van der Waals surface area contributed by atoms with Gasteiger partial charge < -0.3 is 9.47 Å². The fourth-order valence-electron chi connectivity index (χ4n) is 1.88. The SMILES string of the molecule is Cc1cc(C)cc(OC(=O)COc2ccc(Br)cc2Br)c1. The monoisotopic (exact) mass is 412 g/mol. The summed E-state index contributed by atoms with van der Waals surface area (Å²) < 4.78 is 12.4. The summed E-state index contributed by atoms with van der Waals surface area (Å²) in [5.74, 6) is 0.696. The predicted octanol–water partition coefficient (Wildman–Crippen LogP) is 4.81. The van der Waals surface area contributed by atoms with Crippen LogP contribution in [-0.4, -0.2) is 12.6 Å². The van der Waals surface area contributed by atoms with Gasteiger partial charge in [-0.15, -0.1) is 0 Å². The summed E-state index contributed by atoms with van der Waals surface area (Å²) in [7, 11) is 0. The number of carbonyl (C=O) groups excluding carboxylic acids is 1. The molecule has 0 unspecified atom stereocenters. The Kier molecular flexibility index (Phi) is 5.42. The molecule has 0 aliphatic heterocycles. The molecule has 2 rings (SSSR count). The smallest absolute Gasteiger partial charge is 0.349 e. The maximum Gasteiger partial charge on any atom is 0.349 e. The molecule has 5 heteroatoms. The van der Waals surface area contributed by atoms with E-state index in [0.29, 0.717) is 11.5 Å². The van der Waals surface area contributed by atoms with Gasteiger partial charge in [-0.25, -0.2) is 4.79 Å². The topological polar surface area (TPSA) is 35.5 Å². The number of esters is 1. The Morgan fingerprint density at radius 3 is 2.33 bits per heavy atom. The Hall–Kier alpha value is -1.33. The van der Waals surface area contributed by atoms with Gasteiger partial charge in [0.25, 0.3) is 0 Å². The van der Waals surface area contributed by atoms with Gasteiger partial charge in [0.1, 0.15) is 11.5 Å². The lowest BCUT2D eigenvalue weighted by atomic mass is 10.1. The van der Waals surface area contributed by atoms with Crippen molar-refractivity contribution in [2.45, 2.75) is 13.8 Å². The second kappa shape index (κ2) is 7.09. The summed E-state index contributed by atoms with van der Waals surface area (Å²) in [6.07, 6.45) is 0. The van der Waals surface area contributed by atoms with Gasteiger partial charge in [0, 0.05) is 4.47 Å². The Morgan fingerprint density at radius 2 is 1.71 bits per heavy atom. The first kappa shape index (κ1) is 16.0. The largest absolute Gasteiger partial charge is 0.481 e. The summed E-state index contributed by atoms with van der Waals surface area (Å²) >= 11 is 6.73. The van der Waals surface area contributed by atoms with E-state index < -0.39 is 5.97 Å². The highest BCUT2D eigenvalue weighted by molar-refractivity contribution is 9.11. The number of rotatable bonds is 4. The zero-order valence-electron chi connectivity index (χ0n) is 11.7. The molecule has 0 saturated carbocycles. The van der Waals surface area contributed by atoms with Crippen LogP contribution in [0.1, 0.15) is 11.1 Å². The highest BCUT2D eigenvalue weighted by Gasteiger charge is 2.09. The number of halogens is 2. The molecule has 0 N–H and O–H groups in total.